The molecule has 2 atom stereocenters. The van der Waals surface area contributed by atoms with Crippen LogP contribution in [0.1, 0.15) is 24.4 Å². The number of non-ortho nitro benzene ring substituents is 1. The average molecular weight is 249 g/mol. The Hall–Kier alpha value is -1.95. The van der Waals surface area contributed by atoms with Crippen LogP contribution in [0.4, 0.5) is 5.69 Å². The molecular weight excluding hydrogens is 234 g/mol. The van der Waals surface area contributed by atoms with Crippen molar-refractivity contribution in [2.45, 2.75) is 24.9 Å². The number of nitro benzene ring substituents is 1. The van der Waals surface area contributed by atoms with E-state index in [1.807, 2.05) is 0 Å². The van der Waals surface area contributed by atoms with Gasteiger partial charge in [-0.3, -0.25) is 14.9 Å². The van der Waals surface area contributed by atoms with Crippen molar-refractivity contribution in [3.8, 4) is 0 Å². The highest BCUT2D eigenvalue weighted by Gasteiger charge is 2.32. The molecule has 6 heteroatoms. The molecule has 0 spiro atoms. The molecule has 0 aromatic heterocycles. The number of hydrogen-bond acceptors (Lipinski definition) is 4. The fraction of sp³-hybridized carbons (Fsp3) is 0.417. The molecule has 0 radical (unpaired) electrons. The zero-order valence-electron chi connectivity index (χ0n) is 10.1. The molecule has 0 saturated carbocycles. The van der Waals surface area contributed by atoms with E-state index in [9.17, 15) is 14.9 Å². The van der Waals surface area contributed by atoms with Gasteiger partial charge in [-0.15, -0.1) is 0 Å². The third-order valence-corrected chi connectivity index (χ3v) is 3.35. The maximum Gasteiger partial charge on any atom is 0.269 e. The largest absolute Gasteiger partial charge is 0.337 e. The fourth-order valence-corrected chi connectivity index (χ4v) is 2.33. The summed E-state index contributed by atoms with van der Waals surface area (Å²) in [6.07, 6.45) is 1.10. The van der Waals surface area contributed by atoms with Crippen LogP contribution in [0.25, 0.3) is 0 Å². The molecule has 1 aromatic carbocycles. The van der Waals surface area contributed by atoms with Gasteiger partial charge in [-0.2, -0.15) is 0 Å². The second-order valence-corrected chi connectivity index (χ2v) is 4.50. The van der Waals surface area contributed by atoms with Gasteiger partial charge in [0.25, 0.3) is 5.69 Å². The Bertz CT molecular complexity index is 472. The molecule has 1 aliphatic rings. The summed E-state index contributed by atoms with van der Waals surface area (Å²) < 4.78 is 0. The number of benzene rings is 1. The van der Waals surface area contributed by atoms with Crippen molar-refractivity contribution in [3.63, 3.8) is 0 Å². The first-order valence-corrected chi connectivity index (χ1v) is 5.76. The van der Waals surface area contributed by atoms with Crippen LogP contribution < -0.4 is 5.73 Å². The van der Waals surface area contributed by atoms with Gasteiger partial charge >= 0.3 is 0 Å². The van der Waals surface area contributed by atoms with Gasteiger partial charge in [-0.05, 0) is 12.0 Å². The Kier molecular flexibility index (Phi) is 3.29. The van der Waals surface area contributed by atoms with Gasteiger partial charge in [-0.1, -0.05) is 12.1 Å². The number of rotatable bonds is 2. The molecule has 1 heterocycles. The molecule has 18 heavy (non-hydrogen) atoms. The fourth-order valence-electron chi connectivity index (χ4n) is 2.33. The summed E-state index contributed by atoms with van der Waals surface area (Å²) in [6, 6.07) is 5.88. The molecule has 0 bridgehead atoms. The van der Waals surface area contributed by atoms with E-state index in [0.717, 1.165) is 5.56 Å². The van der Waals surface area contributed by atoms with Gasteiger partial charge in [0.1, 0.15) is 0 Å². The summed E-state index contributed by atoms with van der Waals surface area (Å²) in [7, 11) is 1.72. The standard InChI is InChI=1S/C12H15N3O3/c1-14-11(16)7-6-10(13)12(14)8-2-4-9(5-3-8)15(17)18/h2-5,10,12H,6-7,13H2,1H3. The molecule has 2 rings (SSSR count). The Morgan fingerprint density at radius 2 is 2.00 bits per heavy atom. The van der Waals surface area contributed by atoms with Gasteiger partial charge in [0.15, 0.2) is 0 Å². The van der Waals surface area contributed by atoms with Gasteiger partial charge in [0.05, 0.1) is 11.0 Å². The van der Waals surface area contributed by atoms with Gasteiger partial charge < -0.3 is 10.6 Å². The van der Waals surface area contributed by atoms with Crippen molar-refractivity contribution in [1.29, 1.82) is 0 Å². The first-order chi connectivity index (χ1) is 8.50. The van der Waals surface area contributed by atoms with Crippen molar-refractivity contribution in [3.05, 3.63) is 39.9 Å². The normalized spacial score (nSPS) is 24.1. The number of likely N-dealkylation sites (N-methyl/N-ethyl adjacent to an activating group) is 1. The minimum Gasteiger partial charge on any atom is -0.337 e. The molecule has 2 N–H and O–H groups in total. The van der Waals surface area contributed by atoms with Crippen LogP contribution in [0, 0.1) is 10.1 Å². The first kappa shape index (κ1) is 12.5. The van der Waals surface area contributed by atoms with E-state index in [-0.39, 0.29) is 23.7 Å². The lowest BCUT2D eigenvalue weighted by molar-refractivity contribution is -0.384. The molecule has 1 aliphatic heterocycles. The number of nitro groups is 1. The molecule has 2 unspecified atom stereocenters. The van der Waals surface area contributed by atoms with E-state index in [2.05, 4.69) is 0 Å². The lowest BCUT2D eigenvalue weighted by Crippen LogP contribution is -2.46. The van der Waals surface area contributed by atoms with E-state index in [1.165, 1.54) is 12.1 Å². The van der Waals surface area contributed by atoms with Crippen LogP contribution in [0.15, 0.2) is 24.3 Å². The molecule has 6 nitrogen and oxygen atoms in total. The summed E-state index contributed by atoms with van der Waals surface area (Å²) in [4.78, 5) is 23.4. The van der Waals surface area contributed by atoms with E-state index in [4.69, 9.17) is 5.73 Å². The Labute approximate surface area is 105 Å². The number of nitrogens with zero attached hydrogens (tertiary/aromatic N) is 2. The minimum atomic E-state index is -0.445. The van der Waals surface area contributed by atoms with Crippen LogP contribution in [-0.2, 0) is 4.79 Å². The molecule has 1 aromatic rings. The van der Waals surface area contributed by atoms with Gasteiger partial charge in [0.2, 0.25) is 5.91 Å². The number of carbonyl (C=O) groups is 1. The summed E-state index contributed by atoms with van der Waals surface area (Å²) >= 11 is 0. The van der Waals surface area contributed by atoms with E-state index < -0.39 is 4.92 Å². The lowest BCUT2D eigenvalue weighted by atomic mass is 9.91. The number of likely N-dealkylation sites (tertiary alicyclic amines) is 1. The molecule has 0 aliphatic carbocycles. The van der Waals surface area contributed by atoms with Crippen molar-refractivity contribution in [2.75, 3.05) is 7.05 Å². The smallest absolute Gasteiger partial charge is 0.269 e. The topological polar surface area (TPSA) is 89.5 Å². The number of hydrogen-bond donors (Lipinski definition) is 1. The number of nitrogens with two attached hydrogens (primary N) is 1. The summed E-state index contributed by atoms with van der Waals surface area (Å²) in [5.74, 6) is 0.0556. The third-order valence-electron chi connectivity index (χ3n) is 3.35. The zero-order chi connectivity index (χ0) is 13.3. The second-order valence-electron chi connectivity index (χ2n) is 4.50. The monoisotopic (exact) mass is 249 g/mol. The van der Waals surface area contributed by atoms with E-state index >= 15 is 0 Å². The Morgan fingerprint density at radius 3 is 2.56 bits per heavy atom. The average Bonchev–Trinajstić information content (AvgIpc) is 2.35. The van der Waals surface area contributed by atoms with E-state index in [1.54, 1.807) is 24.1 Å². The molecule has 96 valence electrons. The highest BCUT2D eigenvalue weighted by molar-refractivity contribution is 5.77. The van der Waals surface area contributed by atoms with Crippen molar-refractivity contribution in [1.82, 2.24) is 4.90 Å². The minimum absolute atomic E-state index is 0.0390. The second kappa shape index (κ2) is 4.73. The van der Waals surface area contributed by atoms with E-state index in [0.29, 0.717) is 12.8 Å². The molecule has 1 amide bonds. The van der Waals surface area contributed by atoms with Crippen molar-refractivity contribution < 1.29 is 9.72 Å². The Balaban J connectivity index is 2.28. The summed E-state index contributed by atoms with van der Waals surface area (Å²) in [5, 5.41) is 10.6. The van der Waals surface area contributed by atoms with Crippen LogP contribution in [0.3, 0.4) is 0 Å². The van der Waals surface area contributed by atoms with Crippen LogP contribution in [-0.4, -0.2) is 28.8 Å². The highest BCUT2D eigenvalue weighted by atomic mass is 16.6. The highest BCUT2D eigenvalue weighted by Crippen LogP contribution is 2.30. The first-order valence-electron chi connectivity index (χ1n) is 5.76. The van der Waals surface area contributed by atoms with Gasteiger partial charge in [-0.25, -0.2) is 0 Å². The molecule has 1 fully saturated rings. The number of carbonyl (C=O) groups excluding carboxylic acids is 1. The summed E-state index contributed by atoms with van der Waals surface area (Å²) in [6.45, 7) is 0. The quantitative estimate of drug-likeness (QED) is 0.630. The molecule has 1 saturated heterocycles. The maximum atomic E-state index is 11.7. The van der Waals surface area contributed by atoms with Crippen molar-refractivity contribution in [2.24, 2.45) is 5.73 Å². The molecular formula is C12H15N3O3. The summed E-state index contributed by atoms with van der Waals surface area (Å²) in [5.41, 5.74) is 6.91. The van der Waals surface area contributed by atoms with Gasteiger partial charge in [0, 0.05) is 31.6 Å². The van der Waals surface area contributed by atoms with Crippen LogP contribution in [0.2, 0.25) is 0 Å². The SMILES string of the molecule is CN1C(=O)CCC(N)C1c1ccc([N+](=O)[O-])cc1. The Morgan fingerprint density at radius 1 is 1.39 bits per heavy atom. The number of piperidine rings is 1. The van der Waals surface area contributed by atoms with Crippen LogP contribution in [0.5, 0.6) is 0 Å². The van der Waals surface area contributed by atoms with Crippen LogP contribution >= 0.6 is 0 Å². The third kappa shape index (κ3) is 2.19. The number of amides is 1. The predicted octanol–water partition coefficient (Wildman–Crippen LogP) is 1.22. The zero-order valence-corrected chi connectivity index (χ0v) is 10.1. The van der Waals surface area contributed by atoms with Crippen molar-refractivity contribution >= 4 is 11.6 Å². The lowest BCUT2D eigenvalue weighted by Gasteiger charge is -2.37. The predicted molar refractivity (Wildman–Crippen MR) is 65.8 cm³/mol. The maximum absolute atomic E-state index is 11.7.